The van der Waals surface area contributed by atoms with Crippen molar-refractivity contribution in [3.8, 4) is 0 Å². The van der Waals surface area contributed by atoms with E-state index in [1.165, 1.54) is 6.26 Å². The van der Waals surface area contributed by atoms with Crippen molar-refractivity contribution in [2.45, 2.75) is 25.9 Å². The second-order valence-electron chi connectivity index (χ2n) is 5.17. The van der Waals surface area contributed by atoms with E-state index in [0.717, 1.165) is 26.1 Å². The topological polar surface area (TPSA) is 74.7 Å². The summed E-state index contributed by atoms with van der Waals surface area (Å²) >= 11 is 0. The molecule has 1 amide bonds. The maximum absolute atomic E-state index is 11.6. The van der Waals surface area contributed by atoms with E-state index in [0.29, 0.717) is 23.9 Å². The second kappa shape index (κ2) is 6.18. The number of hydrazine groups is 1. The SMILES string of the molecule is CC1CN(C)CCCN1Cc1occc1C(=O)NN. The van der Waals surface area contributed by atoms with E-state index >= 15 is 0 Å². The Bertz CT molecular complexity index is 432. The number of carbonyl (C=O) groups excluding carboxylic acids is 1. The van der Waals surface area contributed by atoms with Gasteiger partial charge in [-0.15, -0.1) is 0 Å². The number of furan rings is 1. The molecule has 6 heteroatoms. The first kappa shape index (κ1) is 14.0. The summed E-state index contributed by atoms with van der Waals surface area (Å²) in [6.45, 7) is 5.99. The Labute approximate surface area is 113 Å². The number of nitrogens with zero attached hydrogens (tertiary/aromatic N) is 2. The fourth-order valence-electron chi connectivity index (χ4n) is 2.58. The van der Waals surface area contributed by atoms with Crippen LogP contribution in [0, 0.1) is 0 Å². The van der Waals surface area contributed by atoms with Crippen molar-refractivity contribution in [1.82, 2.24) is 15.2 Å². The zero-order valence-electron chi connectivity index (χ0n) is 11.6. The monoisotopic (exact) mass is 266 g/mol. The average molecular weight is 266 g/mol. The summed E-state index contributed by atoms with van der Waals surface area (Å²) in [6, 6.07) is 2.10. The third-order valence-electron chi connectivity index (χ3n) is 3.65. The molecule has 0 radical (unpaired) electrons. The van der Waals surface area contributed by atoms with E-state index < -0.39 is 0 Å². The Morgan fingerprint density at radius 3 is 3.11 bits per heavy atom. The van der Waals surface area contributed by atoms with Gasteiger partial charge in [0.05, 0.1) is 18.4 Å². The maximum atomic E-state index is 11.6. The molecular weight excluding hydrogens is 244 g/mol. The van der Waals surface area contributed by atoms with Crippen molar-refractivity contribution < 1.29 is 9.21 Å². The normalized spacial score (nSPS) is 22.2. The van der Waals surface area contributed by atoms with Gasteiger partial charge >= 0.3 is 0 Å². The molecular formula is C13H22N4O2. The molecule has 2 rings (SSSR count). The van der Waals surface area contributed by atoms with Crippen LogP contribution in [0.1, 0.15) is 29.5 Å². The number of carbonyl (C=O) groups is 1. The molecule has 0 bridgehead atoms. The first-order valence-electron chi connectivity index (χ1n) is 6.61. The molecule has 1 aliphatic heterocycles. The lowest BCUT2D eigenvalue weighted by molar-refractivity contribution is 0.0948. The number of nitrogens with two attached hydrogens (primary N) is 1. The molecule has 106 valence electrons. The van der Waals surface area contributed by atoms with E-state index in [1.807, 2.05) is 0 Å². The van der Waals surface area contributed by atoms with Gasteiger partial charge in [0.1, 0.15) is 5.76 Å². The Balaban J connectivity index is 2.08. The summed E-state index contributed by atoms with van der Waals surface area (Å²) < 4.78 is 5.43. The average Bonchev–Trinajstić information content (AvgIpc) is 2.78. The molecule has 1 aliphatic rings. The first-order valence-corrected chi connectivity index (χ1v) is 6.61. The smallest absolute Gasteiger partial charge is 0.268 e. The highest BCUT2D eigenvalue weighted by atomic mass is 16.3. The molecule has 1 aromatic heterocycles. The number of amides is 1. The van der Waals surface area contributed by atoms with Gasteiger partial charge in [-0.2, -0.15) is 0 Å². The highest BCUT2D eigenvalue weighted by molar-refractivity contribution is 5.94. The van der Waals surface area contributed by atoms with Gasteiger partial charge in [0.25, 0.3) is 5.91 Å². The minimum Gasteiger partial charge on any atom is -0.467 e. The van der Waals surface area contributed by atoms with Crippen molar-refractivity contribution >= 4 is 5.91 Å². The van der Waals surface area contributed by atoms with Crippen molar-refractivity contribution in [2.24, 2.45) is 5.84 Å². The molecule has 1 fully saturated rings. The quantitative estimate of drug-likeness (QED) is 0.471. The van der Waals surface area contributed by atoms with Crippen LogP contribution in [-0.4, -0.2) is 48.4 Å². The Hall–Kier alpha value is -1.37. The Kier molecular flexibility index (Phi) is 4.57. The molecule has 1 atom stereocenters. The van der Waals surface area contributed by atoms with Gasteiger partial charge in [0.2, 0.25) is 0 Å². The molecule has 1 aromatic rings. The maximum Gasteiger partial charge on any atom is 0.268 e. The summed E-state index contributed by atoms with van der Waals surface area (Å²) in [4.78, 5) is 16.3. The minimum absolute atomic E-state index is 0.302. The summed E-state index contributed by atoms with van der Waals surface area (Å²) in [5.74, 6) is 5.55. The van der Waals surface area contributed by atoms with Crippen LogP contribution in [0.4, 0.5) is 0 Å². The van der Waals surface area contributed by atoms with E-state index in [-0.39, 0.29) is 5.91 Å². The van der Waals surface area contributed by atoms with Gasteiger partial charge in [0.15, 0.2) is 0 Å². The minimum atomic E-state index is -0.302. The van der Waals surface area contributed by atoms with Gasteiger partial charge in [0, 0.05) is 19.1 Å². The molecule has 0 aliphatic carbocycles. The molecule has 1 saturated heterocycles. The fourth-order valence-corrected chi connectivity index (χ4v) is 2.58. The van der Waals surface area contributed by atoms with Crippen LogP contribution in [0.5, 0.6) is 0 Å². The van der Waals surface area contributed by atoms with Crippen LogP contribution in [0.15, 0.2) is 16.7 Å². The third-order valence-corrected chi connectivity index (χ3v) is 3.65. The molecule has 1 unspecified atom stereocenters. The lowest BCUT2D eigenvalue weighted by Crippen LogP contribution is -2.38. The van der Waals surface area contributed by atoms with Crippen LogP contribution in [0.25, 0.3) is 0 Å². The summed E-state index contributed by atoms with van der Waals surface area (Å²) in [5.41, 5.74) is 2.67. The Morgan fingerprint density at radius 2 is 2.37 bits per heavy atom. The van der Waals surface area contributed by atoms with E-state index in [1.54, 1.807) is 6.07 Å². The van der Waals surface area contributed by atoms with Crippen LogP contribution in [0.3, 0.4) is 0 Å². The zero-order valence-corrected chi connectivity index (χ0v) is 11.6. The summed E-state index contributed by atoms with van der Waals surface area (Å²) in [6.07, 6.45) is 2.66. The zero-order chi connectivity index (χ0) is 13.8. The molecule has 0 spiro atoms. The van der Waals surface area contributed by atoms with Crippen molar-refractivity contribution in [3.63, 3.8) is 0 Å². The standard InChI is InChI=1S/C13H22N4O2/c1-10-8-16(2)5-3-6-17(10)9-12-11(4-7-19-12)13(18)15-14/h4,7,10H,3,5-6,8-9,14H2,1-2H3,(H,15,18). The van der Waals surface area contributed by atoms with Gasteiger partial charge in [-0.3, -0.25) is 15.1 Å². The lowest BCUT2D eigenvalue weighted by Gasteiger charge is -2.27. The summed E-state index contributed by atoms with van der Waals surface area (Å²) in [5, 5.41) is 0. The molecule has 6 nitrogen and oxygen atoms in total. The number of likely N-dealkylation sites (N-methyl/N-ethyl adjacent to an activating group) is 1. The second-order valence-corrected chi connectivity index (χ2v) is 5.17. The highest BCUT2D eigenvalue weighted by Gasteiger charge is 2.23. The van der Waals surface area contributed by atoms with Crippen molar-refractivity contribution in [1.29, 1.82) is 0 Å². The van der Waals surface area contributed by atoms with Gasteiger partial charge in [-0.25, -0.2) is 5.84 Å². The van der Waals surface area contributed by atoms with Crippen LogP contribution in [-0.2, 0) is 6.54 Å². The number of rotatable bonds is 3. The Morgan fingerprint density at radius 1 is 1.58 bits per heavy atom. The van der Waals surface area contributed by atoms with Gasteiger partial charge in [-0.05, 0) is 33.0 Å². The largest absolute Gasteiger partial charge is 0.467 e. The molecule has 0 saturated carbocycles. The number of nitrogens with one attached hydrogen (secondary N) is 1. The summed E-state index contributed by atoms with van der Waals surface area (Å²) in [7, 11) is 2.14. The van der Waals surface area contributed by atoms with Gasteiger partial charge in [-0.1, -0.05) is 0 Å². The molecule has 0 aromatic carbocycles. The van der Waals surface area contributed by atoms with Crippen LogP contribution in [0.2, 0.25) is 0 Å². The van der Waals surface area contributed by atoms with Crippen molar-refractivity contribution in [3.05, 3.63) is 23.7 Å². The molecule has 19 heavy (non-hydrogen) atoms. The van der Waals surface area contributed by atoms with E-state index in [9.17, 15) is 4.79 Å². The highest BCUT2D eigenvalue weighted by Crippen LogP contribution is 2.17. The fraction of sp³-hybridized carbons (Fsp3) is 0.615. The molecule has 3 N–H and O–H groups in total. The van der Waals surface area contributed by atoms with Gasteiger partial charge < -0.3 is 9.32 Å². The van der Waals surface area contributed by atoms with Crippen LogP contribution < -0.4 is 11.3 Å². The predicted molar refractivity (Wildman–Crippen MR) is 72.3 cm³/mol. The first-order chi connectivity index (χ1) is 9.11. The number of hydrogen-bond donors (Lipinski definition) is 2. The van der Waals surface area contributed by atoms with E-state index in [4.69, 9.17) is 10.3 Å². The number of hydrogen-bond acceptors (Lipinski definition) is 5. The lowest BCUT2D eigenvalue weighted by atomic mass is 10.2. The van der Waals surface area contributed by atoms with Crippen LogP contribution >= 0.6 is 0 Å². The van der Waals surface area contributed by atoms with E-state index in [2.05, 4.69) is 29.2 Å². The number of nitrogen functional groups attached to an aromatic ring is 1. The third kappa shape index (κ3) is 3.34. The van der Waals surface area contributed by atoms with Crippen molar-refractivity contribution in [2.75, 3.05) is 26.7 Å². The molecule has 2 heterocycles. The predicted octanol–water partition coefficient (Wildman–Crippen LogP) is 0.409.